The normalized spacial score (nSPS) is 8.25. The lowest BCUT2D eigenvalue weighted by atomic mass is 10.5. The number of hydrogen-bond donors (Lipinski definition) is 1. The molecule has 68 valence electrons. The molecule has 12 heavy (non-hydrogen) atoms. The van der Waals surface area contributed by atoms with E-state index in [1.54, 1.807) is 12.5 Å². The number of hydrogen-bond acceptors (Lipinski definition) is 3. The number of nitrogens with one attached hydrogen (secondary N) is 1. The number of aromatic amines is 1. The molecule has 1 aromatic rings. The van der Waals surface area contributed by atoms with Gasteiger partial charge in [0.2, 0.25) is 0 Å². The number of aromatic nitrogens is 2. The summed E-state index contributed by atoms with van der Waals surface area (Å²) in [4.78, 5) is 16.8. The Balaban J connectivity index is 0.000000561. The first-order valence-corrected chi connectivity index (χ1v) is 3.89. The van der Waals surface area contributed by atoms with E-state index in [2.05, 4.69) is 14.7 Å². The van der Waals surface area contributed by atoms with Gasteiger partial charge >= 0.3 is 5.97 Å². The number of nitrogens with zero attached hydrogens (tertiary/aromatic N) is 1. The van der Waals surface area contributed by atoms with Crippen molar-refractivity contribution in [3.05, 3.63) is 18.2 Å². The number of carbonyl (C=O) groups is 1. The van der Waals surface area contributed by atoms with Crippen LogP contribution < -0.4 is 0 Å². The maximum absolute atomic E-state index is 10.3. The largest absolute Gasteiger partial charge is 0.459 e. The molecule has 0 aromatic carbocycles. The minimum absolute atomic E-state index is 0.273. The van der Waals surface area contributed by atoms with E-state index >= 15 is 0 Å². The molecule has 0 unspecified atom stereocenters. The molecule has 0 spiro atoms. The highest BCUT2D eigenvalue weighted by molar-refractivity contribution is 5.65. The van der Waals surface area contributed by atoms with Crippen LogP contribution in [0, 0.1) is 0 Å². The minimum atomic E-state index is -0.283. The van der Waals surface area contributed by atoms with Crippen molar-refractivity contribution < 1.29 is 9.53 Å². The van der Waals surface area contributed by atoms with Crippen molar-refractivity contribution in [2.45, 2.75) is 27.4 Å². The predicted molar refractivity (Wildman–Crippen MR) is 45.4 cm³/mol. The molecule has 0 saturated heterocycles. The van der Waals surface area contributed by atoms with Gasteiger partial charge in [-0.25, -0.2) is 4.98 Å². The molecule has 1 rings (SSSR count). The van der Waals surface area contributed by atoms with Gasteiger partial charge in [0.1, 0.15) is 6.61 Å². The van der Waals surface area contributed by atoms with Crippen molar-refractivity contribution in [3.8, 4) is 0 Å². The number of esters is 1. The van der Waals surface area contributed by atoms with E-state index in [1.165, 1.54) is 6.92 Å². The third-order valence-electron chi connectivity index (χ3n) is 0.986. The van der Waals surface area contributed by atoms with E-state index in [-0.39, 0.29) is 12.6 Å². The number of imidazole rings is 1. The highest BCUT2D eigenvalue weighted by Crippen LogP contribution is 1.93. The topological polar surface area (TPSA) is 55.0 Å². The maximum atomic E-state index is 10.3. The van der Waals surface area contributed by atoms with Gasteiger partial charge in [0.15, 0.2) is 0 Å². The van der Waals surface area contributed by atoms with Gasteiger partial charge in [-0.3, -0.25) is 4.79 Å². The summed E-state index contributed by atoms with van der Waals surface area (Å²) in [6.45, 7) is 5.64. The Kier molecular flexibility index (Phi) is 5.69. The summed E-state index contributed by atoms with van der Waals surface area (Å²) < 4.78 is 4.68. The summed E-state index contributed by atoms with van der Waals surface area (Å²) in [5.74, 6) is -0.283. The van der Waals surface area contributed by atoms with Crippen molar-refractivity contribution in [2.75, 3.05) is 0 Å². The van der Waals surface area contributed by atoms with Crippen LogP contribution in [0.25, 0.3) is 0 Å². The Hall–Kier alpha value is -1.32. The molecular weight excluding hydrogens is 156 g/mol. The SMILES string of the molecule is CC.CC(=O)OCc1cnc[nH]1. The van der Waals surface area contributed by atoms with E-state index < -0.39 is 0 Å². The van der Waals surface area contributed by atoms with Gasteiger partial charge in [-0.1, -0.05) is 13.8 Å². The molecule has 1 aromatic heterocycles. The summed E-state index contributed by atoms with van der Waals surface area (Å²) in [6, 6.07) is 0. The molecule has 4 nitrogen and oxygen atoms in total. The average Bonchev–Trinajstić information content (AvgIpc) is 2.56. The second kappa shape index (κ2) is 6.39. The molecule has 4 heteroatoms. The smallest absolute Gasteiger partial charge is 0.303 e. The van der Waals surface area contributed by atoms with E-state index in [0.29, 0.717) is 0 Å². The molecule has 0 saturated carbocycles. The van der Waals surface area contributed by atoms with Crippen LogP contribution in [-0.2, 0) is 16.1 Å². The predicted octanol–water partition coefficient (Wildman–Crippen LogP) is 1.50. The number of ether oxygens (including phenoxy) is 1. The lowest BCUT2D eigenvalue weighted by Gasteiger charge is -1.96. The quantitative estimate of drug-likeness (QED) is 0.684. The first kappa shape index (κ1) is 10.7. The monoisotopic (exact) mass is 170 g/mol. The van der Waals surface area contributed by atoms with Gasteiger partial charge in [0.25, 0.3) is 0 Å². The second-order valence-corrected chi connectivity index (χ2v) is 1.86. The zero-order valence-electron chi connectivity index (χ0n) is 7.63. The molecule has 0 fully saturated rings. The molecule has 0 radical (unpaired) electrons. The lowest BCUT2D eigenvalue weighted by molar-refractivity contribution is -0.142. The van der Waals surface area contributed by atoms with Crippen molar-refractivity contribution >= 4 is 5.97 Å². The zero-order chi connectivity index (χ0) is 9.40. The maximum Gasteiger partial charge on any atom is 0.303 e. The number of rotatable bonds is 2. The third-order valence-corrected chi connectivity index (χ3v) is 0.986. The summed E-state index contributed by atoms with van der Waals surface area (Å²) in [5, 5.41) is 0. The van der Waals surface area contributed by atoms with Crippen LogP contribution in [0.4, 0.5) is 0 Å². The van der Waals surface area contributed by atoms with Crippen molar-refractivity contribution in [1.82, 2.24) is 9.97 Å². The molecule has 1 heterocycles. The zero-order valence-corrected chi connectivity index (χ0v) is 7.63. The molecule has 0 bridgehead atoms. The van der Waals surface area contributed by atoms with Crippen molar-refractivity contribution in [1.29, 1.82) is 0 Å². The summed E-state index contributed by atoms with van der Waals surface area (Å²) in [6.07, 6.45) is 3.15. The number of carbonyl (C=O) groups excluding carboxylic acids is 1. The second-order valence-electron chi connectivity index (χ2n) is 1.86. The van der Waals surface area contributed by atoms with Gasteiger partial charge in [-0.05, 0) is 0 Å². The standard InChI is InChI=1S/C6H8N2O2.C2H6/c1-5(9)10-3-6-2-7-4-8-6;1-2/h2,4H,3H2,1H3,(H,7,8);1-2H3. The van der Waals surface area contributed by atoms with Gasteiger partial charge in [-0.15, -0.1) is 0 Å². The summed E-state index contributed by atoms with van der Waals surface area (Å²) >= 11 is 0. The molecule has 0 amide bonds. The number of H-pyrrole nitrogens is 1. The van der Waals surface area contributed by atoms with Gasteiger partial charge in [0.05, 0.1) is 18.2 Å². The fourth-order valence-electron chi connectivity index (χ4n) is 0.543. The molecule has 0 aliphatic heterocycles. The minimum Gasteiger partial charge on any atom is -0.459 e. The molecule has 0 atom stereocenters. The first-order valence-electron chi connectivity index (χ1n) is 3.89. The Morgan fingerprint density at radius 2 is 2.33 bits per heavy atom. The van der Waals surface area contributed by atoms with Crippen LogP contribution in [0.5, 0.6) is 0 Å². The van der Waals surface area contributed by atoms with E-state index in [9.17, 15) is 4.79 Å². The van der Waals surface area contributed by atoms with Crippen LogP contribution >= 0.6 is 0 Å². The van der Waals surface area contributed by atoms with Crippen LogP contribution in [0.2, 0.25) is 0 Å². The summed E-state index contributed by atoms with van der Waals surface area (Å²) in [7, 11) is 0. The van der Waals surface area contributed by atoms with Crippen molar-refractivity contribution in [3.63, 3.8) is 0 Å². The Morgan fingerprint density at radius 3 is 2.75 bits per heavy atom. The average molecular weight is 170 g/mol. The fourth-order valence-corrected chi connectivity index (χ4v) is 0.543. The fraction of sp³-hybridized carbons (Fsp3) is 0.500. The highest BCUT2D eigenvalue weighted by Gasteiger charge is 1.94. The molecular formula is C8H14N2O2. The van der Waals surface area contributed by atoms with Gasteiger partial charge in [0, 0.05) is 6.92 Å². The van der Waals surface area contributed by atoms with Crippen LogP contribution in [0.15, 0.2) is 12.5 Å². The highest BCUT2D eigenvalue weighted by atomic mass is 16.5. The lowest BCUT2D eigenvalue weighted by Crippen LogP contribution is -1.98. The molecule has 1 N–H and O–H groups in total. The third kappa shape index (κ3) is 4.49. The molecule has 0 aliphatic rings. The summed E-state index contributed by atoms with van der Waals surface area (Å²) in [5.41, 5.74) is 0.801. The van der Waals surface area contributed by atoms with E-state index in [0.717, 1.165) is 5.69 Å². The molecule has 0 aliphatic carbocycles. The van der Waals surface area contributed by atoms with Crippen molar-refractivity contribution in [2.24, 2.45) is 0 Å². The Morgan fingerprint density at radius 1 is 1.67 bits per heavy atom. The van der Waals surface area contributed by atoms with E-state index in [1.807, 2.05) is 13.8 Å². The van der Waals surface area contributed by atoms with Crippen LogP contribution in [0.1, 0.15) is 26.5 Å². The van der Waals surface area contributed by atoms with Gasteiger partial charge < -0.3 is 9.72 Å². The van der Waals surface area contributed by atoms with Gasteiger partial charge in [-0.2, -0.15) is 0 Å². The Labute approximate surface area is 72.0 Å². The van der Waals surface area contributed by atoms with E-state index in [4.69, 9.17) is 0 Å². The van der Waals surface area contributed by atoms with Crippen LogP contribution in [0.3, 0.4) is 0 Å². The van der Waals surface area contributed by atoms with Crippen LogP contribution in [-0.4, -0.2) is 15.9 Å². The Bertz CT molecular complexity index is 207. The first-order chi connectivity index (χ1) is 5.79.